The van der Waals surface area contributed by atoms with Gasteiger partial charge in [0.05, 0.1) is 16.1 Å². The molecule has 0 radical (unpaired) electrons. The quantitative estimate of drug-likeness (QED) is 0.0888. The topological polar surface area (TPSA) is 122 Å². The van der Waals surface area contributed by atoms with Crippen LogP contribution in [-0.2, 0) is 4.74 Å². The maximum atomic E-state index is 12.4. The maximum Gasteiger partial charge on any atom is 0.343 e. The lowest BCUT2D eigenvalue weighted by atomic mass is 10.1. The molecule has 0 aliphatic rings. The zero-order valence-electron chi connectivity index (χ0n) is 20.2. The molecule has 0 spiro atoms. The fourth-order valence-corrected chi connectivity index (χ4v) is 3.29. The number of Topliss-reactive ketones (excluding diaryl/α,β-unsaturated/α-hetero) is 1. The standard InChI is InChI=1S/C29H21NO8/c1-19-2-4-22(5-3-19)29(33)38-26-12-6-20(7-13-26)27(31)18-36-28(32)21-8-14-24(15-9-21)37-25-16-10-23(11-17-25)30(34)35/h2-17H,18H2,1H3. The third kappa shape index (κ3) is 6.67. The second-order valence-electron chi connectivity index (χ2n) is 8.16. The number of nitro groups is 1. The van der Waals surface area contributed by atoms with Crippen molar-refractivity contribution in [2.75, 3.05) is 6.61 Å². The first kappa shape index (κ1) is 25.8. The number of hydrogen-bond acceptors (Lipinski definition) is 8. The minimum absolute atomic E-state index is 0.0533. The van der Waals surface area contributed by atoms with Gasteiger partial charge in [-0.2, -0.15) is 0 Å². The molecule has 0 heterocycles. The second kappa shape index (κ2) is 11.6. The fourth-order valence-electron chi connectivity index (χ4n) is 3.29. The van der Waals surface area contributed by atoms with E-state index in [0.29, 0.717) is 22.6 Å². The number of rotatable bonds is 9. The van der Waals surface area contributed by atoms with Gasteiger partial charge in [-0.3, -0.25) is 14.9 Å². The number of aryl methyl sites for hydroxylation is 1. The lowest BCUT2D eigenvalue weighted by molar-refractivity contribution is -0.384. The Hall–Kier alpha value is -5.31. The first-order chi connectivity index (χ1) is 18.3. The largest absolute Gasteiger partial charge is 0.457 e. The van der Waals surface area contributed by atoms with E-state index in [0.717, 1.165) is 5.56 Å². The fraction of sp³-hybridized carbons (Fsp3) is 0.0690. The van der Waals surface area contributed by atoms with Gasteiger partial charge in [0.1, 0.15) is 17.2 Å². The van der Waals surface area contributed by atoms with Crippen molar-refractivity contribution in [1.29, 1.82) is 0 Å². The van der Waals surface area contributed by atoms with Crippen molar-refractivity contribution in [1.82, 2.24) is 0 Å². The SMILES string of the molecule is Cc1ccc(C(=O)Oc2ccc(C(=O)COC(=O)c3ccc(Oc4ccc([N+](=O)[O-])cc4)cc3)cc2)cc1. The number of carbonyl (C=O) groups excluding carboxylic acids is 3. The van der Waals surface area contributed by atoms with Crippen LogP contribution in [0.2, 0.25) is 0 Å². The number of non-ortho nitro benzene ring substituents is 1. The molecule has 4 rings (SSSR count). The highest BCUT2D eigenvalue weighted by atomic mass is 16.6. The van der Waals surface area contributed by atoms with E-state index in [1.165, 1.54) is 72.8 Å². The highest BCUT2D eigenvalue weighted by molar-refractivity contribution is 5.99. The Bertz CT molecular complexity index is 1460. The Labute approximate surface area is 217 Å². The molecule has 0 atom stereocenters. The smallest absolute Gasteiger partial charge is 0.343 e. The Morgan fingerprint density at radius 1 is 0.658 bits per heavy atom. The number of hydrogen-bond donors (Lipinski definition) is 0. The van der Waals surface area contributed by atoms with E-state index in [4.69, 9.17) is 14.2 Å². The molecule has 0 amide bonds. The van der Waals surface area contributed by atoms with Crippen molar-refractivity contribution < 1.29 is 33.5 Å². The van der Waals surface area contributed by atoms with Crippen LogP contribution in [0.25, 0.3) is 0 Å². The van der Waals surface area contributed by atoms with Crippen LogP contribution >= 0.6 is 0 Å². The predicted molar refractivity (Wildman–Crippen MR) is 137 cm³/mol. The molecule has 4 aromatic rings. The maximum absolute atomic E-state index is 12.4. The molecule has 0 saturated carbocycles. The molecule has 0 N–H and O–H groups in total. The van der Waals surface area contributed by atoms with Gasteiger partial charge in [-0.25, -0.2) is 9.59 Å². The Balaban J connectivity index is 1.27. The molecule has 9 nitrogen and oxygen atoms in total. The predicted octanol–water partition coefficient (Wildman–Crippen LogP) is 5.95. The van der Waals surface area contributed by atoms with E-state index < -0.39 is 29.3 Å². The number of nitro benzene ring substituents is 1. The summed E-state index contributed by atoms with van der Waals surface area (Å²) in [6.45, 7) is 1.45. The molecule has 4 aromatic carbocycles. The molecule has 0 unspecified atom stereocenters. The monoisotopic (exact) mass is 511 g/mol. The lowest BCUT2D eigenvalue weighted by Gasteiger charge is -2.08. The molecule has 0 aliphatic heterocycles. The molecule has 38 heavy (non-hydrogen) atoms. The zero-order valence-corrected chi connectivity index (χ0v) is 20.2. The molecule has 190 valence electrons. The Kier molecular flexibility index (Phi) is 7.88. The molecule has 0 aliphatic carbocycles. The van der Waals surface area contributed by atoms with Gasteiger partial charge in [0.15, 0.2) is 12.4 Å². The van der Waals surface area contributed by atoms with Crippen LogP contribution in [0.5, 0.6) is 17.2 Å². The number of ether oxygens (including phenoxy) is 3. The van der Waals surface area contributed by atoms with Crippen LogP contribution in [0, 0.1) is 17.0 Å². The summed E-state index contributed by atoms with van der Waals surface area (Å²) in [5.74, 6) is -0.541. The van der Waals surface area contributed by atoms with E-state index in [1.807, 2.05) is 19.1 Å². The highest BCUT2D eigenvalue weighted by Crippen LogP contribution is 2.24. The summed E-state index contributed by atoms with van der Waals surface area (Å²) in [7, 11) is 0. The van der Waals surface area contributed by atoms with Crippen LogP contribution in [0.4, 0.5) is 5.69 Å². The minimum atomic E-state index is -0.691. The molecule has 0 aromatic heterocycles. The van der Waals surface area contributed by atoms with Crippen LogP contribution in [0.3, 0.4) is 0 Å². The van der Waals surface area contributed by atoms with Gasteiger partial charge in [0.25, 0.3) is 5.69 Å². The van der Waals surface area contributed by atoms with Crippen LogP contribution in [0.15, 0.2) is 97.1 Å². The third-order valence-corrected chi connectivity index (χ3v) is 5.38. The number of nitrogens with zero attached hydrogens (tertiary/aromatic N) is 1. The van der Waals surface area contributed by atoms with E-state index in [9.17, 15) is 24.5 Å². The molecular weight excluding hydrogens is 490 g/mol. The third-order valence-electron chi connectivity index (χ3n) is 5.38. The number of carbonyl (C=O) groups is 3. The molecule has 0 fully saturated rings. The summed E-state index contributed by atoms with van der Waals surface area (Å²) in [5.41, 5.74) is 1.89. The Morgan fingerprint density at radius 2 is 1.13 bits per heavy atom. The van der Waals surface area contributed by atoms with Gasteiger partial charge in [-0.05, 0) is 79.7 Å². The van der Waals surface area contributed by atoms with E-state index in [1.54, 1.807) is 12.1 Å². The summed E-state index contributed by atoms with van der Waals surface area (Å²) in [5, 5.41) is 10.7. The van der Waals surface area contributed by atoms with E-state index >= 15 is 0 Å². The van der Waals surface area contributed by atoms with Gasteiger partial charge in [0, 0.05) is 17.7 Å². The highest BCUT2D eigenvalue weighted by Gasteiger charge is 2.14. The van der Waals surface area contributed by atoms with Gasteiger partial charge in [-0.15, -0.1) is 0 Å². The van der Waals surface area contributed by atoms with Crippen LogP contribution < -0.4 is 9.47 Å². The van der Waals surface area contributed by atoms with Crippen molar-refractivity contribution >= 4 is 23.4 Å². The average Bonchev–Trinajstić information content (AvgIpc) is 2.93. The van der Waals surface area contributed by atoms with Gasteiger partial charge in [-0.1, -0.05) is 17.7 Å². The van der Waals surface area contributed by atoms with Gasteiger partial charge >= 0.3 is 11.9 Å². The number of benzene rings is 4. The zero-order chi connectivity index (χ0) is 27.1. The lowest BCUT2D eigenvalue weighted by Crippen LogP contribution is -2.14. The number of ketones is 1. The second-order valence-corrected chi connectivity index (χ2v) is 8.16. The molecule has 0 saturated heterocycles. The molecule has 0 bridgehead atoms. The van der Waals surface area contributed by atoms with Crippen molar-refractivity contribution in [2.24, 2.45) is 0 Å². The van der Waals surface area contributed by atoms with Crippen LogP contribution in [-0.4, -0.2) is 29.3 Å². The Morgan fingerprint density at radius 3 is 1.71 bits per heavy atom. The molecular formula is C29H21NO8. The summed E-state index contributed by atoms with van der Waals surface area (Å²) < 4.78 is 16.0. The van der Waals surface area contributed by atoms with Crippen LogP contribution in [0.1, 0.15) is 36.6 Å². The summed E-state index contributed by atoms with van der Waals surface area (Å²) in [6, 6.07) is 24.5. The van der Waals surface area contributed by atoms with Crippen molar-refractivity contribution in [3.8, 4) is 17.2 Å². The van der Waals surface area contributed by atoms with Crippen molar-refractivity contribution in [3.05, 3.63) is 129 Å². The first-order valence-electron chi connectivity index (χ1n) is 11.4. The van der Waals surface area contributed by atoms with E-state index in [2.05, 4.69) is 0 Å². The normalized spacial score (nSPS) is 10.3. The number of esters is 2. The van der Waals surface area contributed by atoms with Gasteiger partial charge < -0.3 is 14.2 Å². The summed E-state index contributed by atoms with van der Waals surface area (Å²) >= 11 is 0. The van der Waals surface area contributed by atoms with Crippen molar-refractivity contribution in [2.45, 2.75) is 6.92 Å². The average molecular weight is 511 g/mol. The van der Waals surface area contributed by atoms with Gasteiger partial charge in [0.2, 0.25) is 0 Å². The first-order valence-corrected chi connectivity index (χ1v) is 11.4. The molecule has 9 heteroatoms. The van der Waals surface area contributed by atoms with Crippen molar-refractivity contribution in [3.63, 3.8) is 0 Å². The summed E-state index contributed by atoms with van der Waals surface area (Å²) in [6.07, 6.45) is 0. The minimum Gasteiger partial charge on any atom is -0.457 e. The summed E-state index contributed by atoms with van der Waals surface area (Å²) in [4.78, 5) is 47.2. The van der Waals surface area contributed by atoms with E-state index in [-0.39, 0.29) is 17.0 Å².